The number of benzene rings is 1. The maximum absolute atomic E-state index is 12.2. The van der Waals surface area contributed by atoms with Gasteiger partial charge in [0.15, 0.2) is 0 Å². The van der Waals surface area contributed by atoms with Crippen molar-refractivity contribution in [1.82, 2.24) is 4.90 Å². The van der Waals surface area contributed by atoms with E-state index in [2.05, 4.69) is 0 Å². The number of nitrogens with zero attached hydrogens (tertiary/aromatic N) is 1. The molecule has 0 bridgehead atoms. The maximum Gasteiger partial charge on any atom is 0.257 e. The van der Waals surface area contributed by atoms with Gasteiger partial charge in [0.1, 0.15) is 5.75 Å². The van der Waals surface area contributed by atoms with E-state index in [1.54, 1.807) is 30.0 Å². The molecule has 1 aliphatic rings. The van der Waals surface area contributed by atoms with E-state index in [0.717, 1.165) is 12.8 Å². The molecule has 0 aromatic heterocycles. The quantitative estimate of drug-likeness (QED) is 0.827. The highest BCUT2D eigenvalue weighted by atomic mass is 16.3. The van der Waals surface area contributed by atoms with Gasteiger partial charge in [0.2, 0.25) is 0 Å². The van der Waals surface area contributed by atoms with Crippen LogP contribution in [0.2, 0.25) is 0 Å². The van der Waals surface area contributed by atoms with Gasteiger partial charge in [-0.3, -0.25) is 4.79 Å². The van der Waals surface area contributed by atoms with Gasteiger partial charge < -0.3 is 15.1 Å². The van der Waals surface area contributed by atoms with Crippen molar-refractivity contribution in [2.24, 2.45) is 0 Å². The molecular weight excluding hydrogens is 218 g/mol. The van der Waals surface area contributed by atoms with Gasteiger partial charge in [-0.25, -0.2) is 0 Å². The molecule has 2 N–H and O–H groups in total. The number of aliphatic hydroxyl groups is 1. The number of aromatic hydroxyl groups is 1. The molecule has 1 aliphatic carbocycles. The second-order valence-electron chi connectivity index (χ2n) is 4.42. The number of rotatable bonds is 4. The summed E-state index contributed by atoms with van der Waals surface area (Å²) in [6.07, 6.45) is 1.97. The number of carbonyl (C=O) groups excluding carboxylic acids is 1. The summed E-state index contributed by atoms with van der Waals surface area (Å²) in [4.78, 5) is 13.9. The van der Waals surface area contributed by atoms with Crippen LogP contribution in [0.25, 0.3) is 0 Å². The van der Waals surface area contributed by atoms with Crippen LogP contribution >= 0.6 is 0 Å². The zero-order chi connectivity index (χ0) is 12.4. The molecule has 1 amide bonds. The Bertz CT molecular complexity index is 427. The molecule has 2 rings (SSSR count). The fourth-order valence-corrected chi connectivity index (χ4v) is 1.93. The monoisotopic (exact) mass is 235 g/mol. The third-order valence-corrected chi connectivity index (χ3v) is 3.06. The van der Waals surface area contributed by atoms with Crippen molar-refractivity contribution in [3.05, 3.63) is 29.3 Å². The van der Waals surface area contributed by atoms with Crippen molar-refractivity contribution >= 4 is 5.91 Å². The zero-order valence-electron chi connectivity index (χ0n) is 9.89. The normalized spacial score (nSPS) is 14.7. The largest absolute Gasteiger partial charge is 0.507 e. The van der Waals surface area contributed by atoms with Gasteiger partial charge in [-0.15, -0.1) is 0 Å². The highest BCUT2D eigenvalue weighted by molar-refractivity contribution is 5.97. The van der Waals surface area contributed by atoms with Crippen LogP contribution < -0.4 is 0 Å². The first-order valence-corrected chi connectivity index (χ1v) is 5.85. The SMILES string of the molecule is Cc1cccc(C(=O)N(CCO)C2CC2)c1O. The third-order valence-electron chi connectivity index (χ3n) is 3.06. The molecule has 17 heavy (non-hydrogen) atoms. The first kappa shape index (κ1) is 11.9. The minimum atomic E-state index is -0.192. The summed E-state index contributed by atoms with van der Waals surface area (Å²) in [5.41, 5.74) is 1.01. The Hall–Kier alpha value is -1.55. The van der Waals surface area contributed by atoms with Gasteiger partial charge in [0, 0.05) is 12.6 Å². The van der Waals surface area contributed by atoms with Crippen LogP contribution in [0.4, 0.5) is 0 Å². The van der Waals surface area contributed by atoms with E-state index in [4.69, 9.17) is 5.11 Å². The van der Waals surface area contributed by atoms with E-state index in [0.29, 0.717) is 17.7 Å². The number of hydrogen-bond acceptors (Lipinski definition) is 3. The molecule has 0 aliphatic heterocycles. The van der Waals surface area contributed by atoms with Crippen LogP contribution in [0.5, 0.6) is 5.75 Å². The van der Waals surface area contributed by atoms with E-state index < -0.39 is 0 Å². The number of carbonyl (C=O) groups is 1. The van der Waals surface area contributed by atoms with Crippen molar-refractivity contribution in [2.45, 2.75) is 25.8 Å². The maximum atomic E-state index is 12.2. The highest BCUT2D eigenvalue weighted by Crippen LogP contribution is 2.30. The Labute approximate surface area is 100 Å². The molecule has 0 spiro atoms. The van der Waals surface area contributed by atoms with Gasteiger partial charge in [0.25, 0.3) is 5.91 Å². The number of aryl methyl sites for hydroxylation is 1. The predicted octanol–water partition coefficient (Wildman–Crippen LogP) is 1.30. The summed E-state index contributed by atoms with van der Waals surface area (Å²) in [6.45, 7) is 2.05. The summed E-state index contributed by atoms with van der Waals surface area (Å²) >= 11 is 0. The Balaban J connectivity index is 2.25. The molecule has 1 fully saturated rings. The average molecular weight is 235 g/mol. The van der Waals surface area contributed by atoms with Gasteiger partial charge in [-0.1, -0.05) is 12.1 Å². The van der Waals surface area contributed by atoms with Crippen molar-refractivity contribution in [3.63, 3.8) is 0 Å². The van der Waals surface area contributed by atoms with Gasteiger partial charge >= 0.3 is 0 Å². The minimum Gasteiger partial charge on any atom is -0.507 e. The molecule has 0 radical (unpaired) electrons. The molecule has 4 nitrogen and oxygen atoms in total. The van der Waals surface area contributed by atoms with E-state index in [9.17, 15) is 9.90 Å². The number of hydrogen-bond donors (Lipinski definition) is 2. The minimum absolute atomic E-state index is 0.0427. The molecule has 1 aromatic carbocycles. The lowest BCUT2D eigenvalue weighted by molar-refractivity contribution is 0.0704. The van der Waals surface area contributed by atoms with E-state index in [1.165, 1.54) is 0 Å². The summed E-state index contributed by atoms with van der Waals surface area (Å²) in [5, 5.41) is 18.9. The molecule has 0 atom stereocenters. The molecule has 0 heterocycles. The summed E-state index contributed by atoms with van der Waals surface area (Å²) in [7, 11) is 0. The molecule has 4 heteroatoms. The average Bonchev–Trinajstić information content (AvgIpc) is 3.13. The molecule has 0 unspecified atom stereocenters. The first-order chi connectivity index (χ1) is 8.15. The third kappa shape index (κ3) is 2.42. The van der Waals surface area contributed by atoms with Crippen LogP contribution in [0.3, 0.4) is 0 Å². The Morgan fingerprint density at radius 2 is 2.18 bits per heavy atom. The lowest BCUT2D eigenvalue weighted by Gasteiger charge is -2.22. The van der Waals surface area contributed by atoms with Crippen molar-refractivity contribution < 1.29 is 15.0 Å². The number of phenolic OH excluding ortho intramolecular Hbond substituents is 1. The summed E-state index contributed by atoms with van der Waals surface area (Å²) < 4.78 is 0. The smallest absolute Gasteiger partial charge is 0.257 e. The predicted molar refractivity (Wildman–Crippen MR) is 64.0 cm³/mol. The van der Waals surface area contributed by atoms with Crippen LogP contribution in [0, 0.1) is 6.92 Å². The standard InChI is InChI=1S/C13H17NO3/c1-9-3-2-4-11(12(9)16)13(17)14(7-8-15)10-5-6-10/h2-4,10,15-16H,5-8H2,1H3. The molecule has 1 saturated carbocycles. The Morgan fingerprint density at radius 1 is 1.47 bits per heavy atom. The van der Waals surface area contributed by atoms with Crippen LogP contribution in [0.1, 0.15) is 28.8 Å². The van der Waals surface area contributed by atoms with Gasteiger partial charge in [-0.2, -0.15) is 0 Å². The lowest BCUT2D eigenvalue weighted by atomic mass is 10.1. The molecule has 1 aromatic rings. The fraction of sp³-hybridized carbons (Fsp3) is 0.462. The number of phenols is 1. The van der Waals surface area contributed by atoms with E-state index in [-0.39, 0.29) is 24.3 Å². The van der Waals surface area contributed by atoms with Gasteiger partial charge in [-0.05, 0) is 31.4 Å². The van der Waals surface area contributed by atoms with E-state index >= 15 is 0 Å². The first-order valence-electron chi connectivity index (χ1n) is 5.85. The van der Waals surface area contributed by atoms with E-state index in [1.807, 2.05) is 0 Å². The topological polar surface area (TPSA) is 60.8 Å². The van der Waals surface area contributed by atoms with Crippen molar-refractivity contribution in [2.75, 3.05) is 13.2 Å². The Morgan fingerprint density at radius 3 is 2.76 bits per heavy atom. The molecule has 92 valence electrons. The van der Waals surface area contributed by atoms with Crippen LogP contribution in [-0.2, 0) is 0 Å². The Kier molecular flexibility index (Phi) is 3.33. The molecule has 0 saturated heterocycles. The second kappa shape index (κ2) is 4.75. The van der Waals surface area contributed by atoms with Crippen LogP contribution in [0.15, 0.2) is 18.2 Å². The van der Waals surface area contributed by atoms with Crippen molar-refractivity contribution in [3.8, 4) is 5.75 Å². The number of amides is 1. The number of para-hydroxylation sites is 1. The van der Waals surface area contributed by atoms with Gasteiger partial charge in [0.05, 0.1) is 12.2 Å². The lowest BCUT2D eigenvalue weighted by Crippen LogP contribution is -2.35. The highest BCUT2D eigenvalue weighted by Gasteiger charge is 2.33. The fourth-order valence-electron chi connectivity index (χ4n) is 1.93. The number of aliphatic hydroxyl groups excluding tert-OH is 1. The summed E-state index contributed by atoms with van der Waals surface area (Å²) in [5.74, 6) is -0.149. The zero-order valence-corrected chi connectivity index (χ0v) is 9.89. The van der Waals surface area contributed by atoms with Crippen molar-refractivity contribution in [1.29, 1.82) is 0 Å². The molecular formula is C13H17NO3. The van der Waals surface area contributed by atoms with Crippen LogP contribution in [-0.4, -0.2) is 40.2 Å². The summed E-state index contributed by atoms with van der Waals surface area (Å²) in [6, 6.07) is 5.37. The second-order valence-corrected chi connectivity index (χ2v) is 4.42.